The topological polar surface area (TPSA) is 99.2 Å². The van der Waals surface area contributed by atoms with Crippen molar-refractivity contribution in [3.63, 3.8) is 0 Å². The molecule has 20 heavy (non-hydrogen) atoms. The maximum atomic E-state index is 12.3. The quantitative estimate of drug-likeness (QED) is 0.688. The fraction of sp³-hybridized carbons (Fsp3) is 0.727. The van der Waals surface area contributed by atoms with Gasteiger partial charge in [0.15, 0.2) is 0 Å². The summed E-state index contributed by atoms with van der Waals surface area (Å²) in [6, 6.07) is 0. The minimum absolute atomic E-state index is 0.0934. The molecule has 2 amide bonds. The molecule has 0 spiro atoms. The third kappa shape index (κ3) is 3.34. The molecule has 0 aliphatic carbocycles. The standard InChI is InChI=1S/C11H18N4O4S/c1-2-15-10(16)4-3-9(13-15)11(17)14-6-5-12-20(18,19)8-7-14/h12H,2-8H2,1H3. The van der Waals surface area contributed by atoms with Gasteiger partial charge in [0.05, 0.1) is 5.75 Å². The number of carbonyl (C=O) groups is 2. The second kappa shape index (κ2) is 5.88. The summed E-state index contributed by atoms with van der Waals surface area (Å²) in [5.41, 5.74) is 0.325. The number of amides is 2. The van der Waals surface area contributed by atoms with Crippen LogP contribution < -0.4 is 4.72 Å². The van der Waals surface area contributed by atoms with Gasteiger partial charge in [0.1, 0.15) is 5.71 Å². The maximum Gasteiger partial charge on any atom is 0.270 e. The Morgan fingerprint density at radius 2 is 2.10 bits per heavy atom. The molecule has 0 unspecified atom stereocenters. The van der Waals surface area contributed by atoms with Gasteiger partial charge in [0, 0.05) is 39.0 Å². The molecular formula is C11H18N4O4S. The van der Waals surface area contributed by atoms with E-state index in [1.165, 1.54) is 9.91 Å². The van der Waals surface area contributed by atoms with Gasteiger partial charge in [-0.15, -0.1) is 0 Å². The Balaban J connectivity index is 2.09. The van der Waals surface area contributed by atoms with Gasteiger partial charge >= 0.3 is 0 Å². The highest BCUT2D eigenvalue weighted by Gasteiger charge is 2.28. The zero-order chi connectivity index (χ0) is 14.8. The predicted octanol–water partition coefficient (Wildman–Crippen LogP) is -1.25. The van der Waals surface area contributed by atoms with Gasteiger partial charge in [-0.25, -0.2) is 18.1 Å². The Bertz CT molecular complexity index is 543. The lowest BCUT2D eigenvalue weighted by Crippen LogP contribution is -2.43. The van der Waals surface area contributed by atoms with Crippen LogP contribution in [0.3, 0.4) is 0 Å². The van der Waals surface area contributed by atoms with E-state index in [0.717, 1.165) is 0 Å². The van der Waals surface area contributed by atoms with E-state index in [1.54, 1.807) is 6.92 Å². The zero-order valence-electron chi connectivity index (χ0n) is 11.3. The molecule has 1 saturated heterocycles. The first-order valence-electron chi connectivity index (χ1n) is 6.57. The number of hydrogen-bond acceptors (Lipinski definition) is 5. The Morgan fingerprint density at radius 3 is 2.80 bits per heavy atom. The van der Waals surface area contributed by atoms with Crippen molar-refractivity contribution in [1.29, 1.82) is 0 Å². The molecule has 2 heterocycles. The zero-order valence-corrected chi connectivity index (χ0v) is 12.1. The van der Waals surface area contributed by atoms with E-state index in [4.69, 9.17) is 0 Å². The average Bonchev–Trinajstić information content (AvgIpc) is 2.59. The fourth-order valence-electron chi connectivity index (χ4n) is 2.14. The molecule has 1 fully saturated rings. The smallest absolute Gasteiger partial charge is 0.270 e. The first-order chi connectivity index (χ1) is 9.43. The van der Waals surface area contributed by atoms with Gasteiger partial charge in [-0.1, -0.05) is 0 Å². The number of hydrazone groups is 1. The Hall–Kier alpha value is -1.48. The molecule has 2 aliphatic rings. The molecular weight excluding hydrogens is 284 g/mol. The van der Waals surface area contributed by atoms with E-state index in [1.807, 2.05) is 0 Å². The van der Waals surface area contributed by atoms with Crippen LogP contribution in [0.15, 0.2) is 5.10 Å². The monoisotopic (exact) mass is 302 g/mol. The van der Waals surface area contributed by atoms with Gasteiger partial charge in [-0.2, -0.15) is 5.10 Å². The number of nitrogens with one attached hydrogen (secondary N) is 1. The number of rotatable bonds is 2. The second-order valence-electron chi connectivity index (χ2n) is 4.66. The van der Waals surface area contributed by atoms with E-state index in [0.29, 0.717) is 25.2 Å². The van der Waals surface area contributed by atoms with Crippen LogP contribution in [0.25, 0.3) is 0 Å². The van der Waals surface area contributed by atoms with Crippen LogP contribution in [0.4, 0.5) is 0 Å². The normalized spacial score (nSPS) is 23.2. The van der Waals surface area contributed by atoms with Crippen LogP contribution in [0.2, 0.25) is 0 Å². The Labute approximate surface area is 117 Å². The molecule has 0 bridgehead atoms. The highest BCUT2D eigenvalue weighted by Crippen LogP contribution is 2.11. The summed E-state index contributed by atoms with van der Waals surface area (Å²) in [6.45, 7) is 2.88. The molecule has 1 N–H and O–H groups in total. The van der Waals surface area contributed by atoms with Crippen LogP contribution in [0.5, 0.6) is 0 Å². The molecule has 8 nitrogen and oxygen atoms in total. The largest absolute Gasteiger partial charge is 0.335 e. The first kappa shape index (κ1) is 14.9. The third-order valence-electron chi connectivity index (χ3n) is 3.27. The highest BCUT2D eigenvalue weighted by atomic mass is 32.2. The van der Waals surface area contributed by atoms with Crippen LogP contribution in [0.1, 0.15) is 19.8 Å². The summed E-state index contributed by atoms with van der Waals surface area (Å²) in [4.78, 5) is 25.3. The summed E-state index contributed by atoms with van der Waals surface area (Å²) in [5, 5.41) is 5.34. The predicted molar refractivity (Wildman–Crippen MR) is 72.4 cm³/mol. The van der Waals surface area contributed by atoms with Gasteiger partial charge in [-0.3, -0.25) is 9.59 Å². The van der Waals surface area contributed by atoms with Crippen molar-refractivity contribution >= 4 is 27.5 Å². The van der Waals surface area contributed by atoms with Gasteiger partial charge in [0.25, 0.3) is 5.91 Å². The average molecular weight is 302 g/mol. The molecule has 2 aliphatic heterocycles. The second-order valence-corrected chi connectivity index (χ2v) is 6.59. The maximum absolute atomic E-state index is 12.3. The minimum Gasteiger partial charge on any atom is -0.335 e. The summed E-state index contributed by atoms with van der Waals surface area (Å²) in [7, 11) is -3.29. The van der Waals surface area contributed by atoms with Crippen LogP contribution in [0, 0.1) is 0 Å². The molecule has 0 saturated carbocycles. The van der Waals surface area contributed by atoms with Crippen LogP contribution >= 0.6 is 0 Å². The number of nitrogens with zero attached hydrogens (tertiary/aromatic N) is 3. The molecule has 0 atom stereocenters. The molecule has 2 rings (SSSR count). The Kier molecular flexibility index (Phi) is 4.39. The molecule has 0 radical (unpaired) electrons. The SMILES string of the molecule is CCN1N=C(C(=O)N2CCNS(=O)(=O)CC2)CCC1=O. The van der Waals surface area contributed by atoms with E-state index in [2.05, 4.69) is 9.82 Å². The van der Waals surface area contributed by atoms with Crippen LogP contribution in [-0.2, 0) is 19.6 Å². The lowest BCUT2D eigenvalue weighted by atomic mass is 10.1. The van der Waals surface area contributed by atoms with Gasteiger partial charge in [-0.05, 0) is 6.92 Å². The highest BCUT2D eigenvalue weighted by molar-refractivity contribution is 7.89. The van der Waals surface area contributed by atoms with Crippen molar-refractivity contribution in [2.24, 2.45) is 5.10 Å². The van der Waals surface area contributed by atoms with Crippen molar-refractivity contribution in [3.8, 4) is 0 Å². The molecule has 112 valence electrons. The number of carbonyl (C=O) groups excluding carboxylic acids is 2. The number of hydrogen-bond donors (Lipinski definition) is 1. The van der Waals surface area contributed by atoms with E-state index >= 15 is 0 Å². The third-order valence-corrected chi connectivity index (χ3v) is 4.64. The van der Waals surface area contributed by atoms with Crippen molar-refractivity contribution < 1.29 is 18.0 Å². The molecule has 0 aromatic carbocycles. The molecule has 9 heteroatoms. The van der Waals surface area contributed by atoms with Crippen molar-refractivity contribution in [2.45, 2.75) is 19.8 Å². The van der Waals surface area contributed by atoms with Gasteiger partial charge < -0.3 is 4.90 Å². The van der Waals surface area contributed by atoms with E-state index in [9.17, 15) is 18.0 Å². The lowest BCUT2D eigenvalue weighted by Gasteiger charge is -2.25. The Morgan fingerprint density at radius 1 is 1.35 bits per heavy atom. The minimum atomic E-state index is -3.29. The summed E-state index contributed by atoms with van der Waals surface area (Å²) in [5.74, 6) is -0.485. The lowest BCUT2D eigenvalue weighted by molar-refractivity contribution is -0.131. The molecule has 0 aromatic heterocycles. The number of sulfonamides is 1. The molecule has 0 aromatic rings. The van der Waals surface area contributed by atoms with Crippen molar-refractivity contribution in [2.75, 3.05) is 31.9 Å². The van der Waals surface area contributed by atoms with E-state index in [-0.39, 0.29) is 37.1 Å². The van der Waals surface area contributed by atoms with E-state index < -0.39 is 10.0 Å². The van der Waals surface area contributed by atoms with Gasteiger partial charge in [0.2, 0.25) is 15.9 Å². The summed E-state index contributed by atoms with van der Waals surface area (Å²) in [6.07, 6.45) is 0.577. The fourth-order valence-corrected chi connectivity index (χ4v) is 3.15. The first-order valence-corrected chi connectivity index (χ1v) is 8.22. The van der Waals surface area contributed by atoms with Crippen molar-refractivity contribution in [3.05, 3.63) is 0 Å². The summed E-state index contributed by atoms with van der Waals surface area (Å²) < 4.78 is 25.3. The summed E-state index contributed by atoms with van der Waals surface area (Å²) >= 11 is 0. The van der Waals surface area contributed by atoms with Crippen LogP contribution in [-0.4, -0.2) is 67.8 Å². The van der Waals surface area contributed by atoms with Crippen molar-refractivity contribution in [1.82, 2.24) is 14.6 Å².